The maximum absolute atomic E-state index is 13.3. The fourth-order valence-electron chi connectivity index (χ4n) is 5.00. The summed E-state index contributed by atoms with van der Waals surface area (Å²) in [6, 6.07) is 28.8. The Morgan fingerprint density at radius 2 is 1.68 bits per heavy atom. The second-order valence-corrected chi connectivity index (χ2v) is 10.2. The highest BCUT2D eigenvalue weighted by molar-refractivity contribution is 6.07. The third-order valence-corrected chi connectivity index (χ3v) is 7.66. The number of benzene rings is 3. The van der Waals surface area contributed by atoms with Crippen LogP contribution in [0.4, 0.5) is 0 Å². The van der Waals surface area contributed by atoms with Gasteiger partial charge < -0.3 is 4.90 Å². The fourth-order valence-corrected chi connectivity index (χ4v) is 5.00. The first kappa shape index (κ1) is 25.8. The molecule has 0 spiro atoms. The maximum Gasteiger partial charge on any atom is 0.272 e. The van der Waals surface area contributed by atoms with Crippen molar-refractivity contribution >= 4 is 22.5 Å². The van der Waals surface area contributed by atoms with Crippen molar-refractivity contribution in [3.8, 4) is 11.3 Å². The Balaban J connectivity index is 1.27. The molecule has 1 saturated heterocycles. The molecule has 38 heavy (non-hydrogen) atoms. The van der Waals surface area contributed by atoms with E-state index in [9.17, 15) is 4.79 Å². The quantitative estimate of drug-likeness (QED) is 0.267. The molecule has 0 bridgehead atoms. The van der Waals surface area contributed by atoms with Crippen LogP contribution in [0.1, 0.15) is 60.5 Å². The van der Waals surface area contributed by atoms with Crippen molar-refractivity contribution in [2.24, 2.45) is 5.10 Å². The summed E-state index contributed by atoms with van der Waals surface area (Å²) in [7, 11) is 0. The summed E-state index contributed by atoms with van der Waals surface area (Å²) in [5.41, 5.74) is 9.79. The summed E-state index contributed by atoms with van der Waals surface area (Å²) in [5, 5.41) is 5.37. The van der Waals surface area contributed by atoms with Crippen LogP contribution in [-0.4, -0.2) is 41.1 Å². The Morgan fingerprint density at radius 3 is 2.42 bits per heavy atom. The molecule has 1 amide bonds. The Labute approximate surface area is 225 Å². The summed E-state index contributed by atoms with van der Waals surface area (Å²) in [4.78, 5) is 20.7. The standard InChI is InChI=1S/C33H36N4O/c1-3-24(2)26-13-15-27(16-14-26)32-23-30(29-11-7-8-12-31(29)34-32)33(38)36-35-28-18-21-37(22-19-28)20-17-25-9-5-4-6-10-25/h4-16,23-24H,3,17-22H2,1-2H3,(H,36,38). The van der Waals surface area contributed by atoms with Gasteiger partial charge in [-0.25, -0.2) is 10.4 Å². The van der Waals surface area contributed by atoms with Gasteiger partial charge >= 0.3 is 0 Å². The van der Waals surface area contributed by atoms with Crippen molar-refractivity contribution in [1.29, 1.82) is 0 Å². The predicted molar refractivity (Wildman–Crippen MR) is 157 cm³/mol. The number of amides is 1. The van der Waals surface area contributed by atoms with Crippen LogP contribution in [0.5, 0.6) is 0 Å². The molecule has 1 fully saturated rings. The van der Waals surface area contributed by atoms with E-state index in [0.717, 1.165) is 73.2 Å². The molecule has 5 heteroatoms. The molecule has 1 aliphatic heterocycles. The molecule has 3 aromatic carbocycles. The number of hydrazone groups is 1. The molecule has 1 unspecified atom stereocenters. The topological polar surface area (TPSA) is 57.6 Å². The Hall–Kier alpha value is -3.83. The van der Waals surface area contributed by atoms with Crippen molar-refractivity contribution in [2.45, 2.75) is 45.4 Å². The van der Waals surface area contributed by atoms with Gasteiger partial charge in [-0.15, -0.1) is 0 Å². The molecule has 5 nitrogen and oxygen atoms in total. The first-order valence-corrected chi connectivity index (χ1v) is 13.7. The van der Waals surface area contributed by atoms with Crippen molar-refractivity contribution in [3.05, 3.63) is 102 Å². The lowest BCUT2D eigenvalue weighted by molar-refractivity contribution is 0.0956. The zero-order valence-corrected chi connectivity index (χ0v) is 22.4. The van der Waals surface area contributed by atoms with Crippen LogP contribution in [0.25, 0.3) is 22.2 Å². The number of rotatable bonds is 8. The highest BCUT2D eigenvalue weighted by Gasteiger charge is 2.17. The van der Waals surface area contributed by atoms with E-state index in [0.29, 0.717) is 11.5 Å². The molecule has 2 heterocycles. The number of likely N-dealkylation sites (tertiary alicyclic amines) is 1. The average molecular weight is 505 g/mol. The first-order valence-electron chi connectivity index (χ1n) is 13.7. The van der Waals surface area contributed by atoms with E-state index in [1.54, 1.807) is 0 Å². The average Bonchev–Trinajstić information content (AvgIpc) is 2.99. The molecule has 1 N–H and O–H groups in total. The first-order chi connectivity index (χ1) is 18.6. The van der Waals surface area contributed by atoms with Gasteiger partial charge in [0.2, 0.25) is 0 Å². The third kappa shape index (κ3) is 6.17. The molecule has 1 aromatic heterocycles. The number of para-hydroxylation sites is 1. The van der Waals surface area contributed by atoms with Crippen LogP contribution in [-0.2, 0) is 6.42 Å². The zero-order valence-electron chi connectivity index (χ0n) is 22.4. The summed E-state index contributed by atoms with van der Waals surface area (Å²) in [6.45, 7) is 7.43. The fraction of sp³-hybridized carbons (Fsp3) is 0.303. The van der Waals surface area contributed by atoms with Crippen molar-refractivity contribution in [2.75, 3.05) is 19.6 Å². The van der Waals surface area contributed by atoms with Gasteiger partial charge in [-0.1, -0.05) is 86.6 Å². The monoisotopic (exact) mass is 504 g/mol. The van der Waals surface area contributed by atoms with Crippen LogP contribution in [0.15, 0.2) is 90.0 Å². The Morgan fingerprint density at radius 1 is 0.974 bits per heavy atom. The van der Waals surface area contributed by atoms with Gasteiger partial charge in [-0.05, 0) is 42.0 Å². The molecule has 4 aromatic rings. The minimum absolute atomic E-state index is 0.194. The van der Waals surface area contributed by atoms with Crippen LogP contribution < -0.4 is 5.43 Å². The number of fused-ring (bicyclic) bond motifs is 1. The second-order valence-electron chi connectivity index (χ2n) is 10.2. The SMILES string of the molecule is CCC(C)c1ccc(-c2cc(C(=O)NN=C3CCN(CCc4ccccc4)CC3)c3ccccc3n2)cc1. The molecule has 0 saturated carbocycles. The molecule has 1 aliphatic rings. The largest absolute Gasteiger partial charge is 0.302 e. The number of hydrogen-bond acceptors (Lipinski definition) is 4. The van der Waals surface area contributed by atoms with Gasteiger partial charge in [0.25, 0.3) is 5.91 Å². The van der Waals surface area contributed by atoms with Crippen molar-refractivity contribution < 1.29 is 4.79 Å². The zero-order chi connectivity index (χ0) is 26.3. The lowest BCUT2D eigenvalue weighted by Crippen LogP contribution is -2.36. The molecule has 0 aliphatic carbocycles. The summed E-state index contributed by atoms with van der Waals surface area (Å²) < 4.78 is 0. The summed E-state index contributed by atoms with van der Waals surface area (Å²) >= 11 is 0. The molecular formula is C33H36N4O. The van der Waals surface area contributed by atoms with E-state index in [2.05, 4.69) is 83.9 Å². The van der Waals surface area contributed by atoms with E-state index in [1.807, 2.05) is 30.3 Å². The van der Waals surface area contributed by atoms with Crippen LogP contribution in [0, 0.1) is 0 Å². The molecule has 0 radical (unpaired) electrons. The summed E-state index contributed by atoms with van der Waals surface area (Å²) in [6.07, 6.45) is 3.91. The van der Waals surface area contributed by atoms with E-state index in [1.165, 1.54) is 11.1 Å². The molecular weight excluding hydrogens is 468 g/mol. The lowest BCUT2D eigenvalue weighted by Gasteiger charge is -2.27. The van der Waals surface area contributed by atoms with Crippen LogP contribution in [0.3, 0.4) is 0 Å². The molecule has 5 rings (SSSR count). The lowest BCUT2D eigenvalue weighted by atomic mass is 9.96. The number of hydrogen-bond donors (Lipinski definition) is 1. The van der Waals surface area contributed by atoms with Gasteiger partial charge in [-0.2, -0.15) is 5.10 Å². The van der Waals surface area contributed by atoms with Crippen molar-refractivity contribution in [1.82, 2.24) is 15.3 Å². The molecule has 194 valence electrons. The predicted octanol–water partition coefficient (Wildman–Crippen LogP) is 6.84. The smallest absolute Gasteiger partial charge is 0.272 e. The number of aromatic nitrogens is 1. The Kier molecular flexibility index (Phi) is 8.25. The van der Waals surface area contributed by atoms with Crippen LogP contribution in [0.2, 0.25) is 0 Å². The number of carbonyl (C=O) groups excluding carboxylic acids is 1. The van der Waals surface area contributed by atoms with E-state index < -0.39 is 0 Å². The normalized spacial score (nSPS) is 14.8. The van der Waals surface area contributed by atoms with E-state index >= 15 is 0 Å². The van der Waals surface area contributed by atoms with Crippen LogP contribution >= 0.6 is 0 Å². The van der Waals surface area contributed by atoms with Gasteiger partial charge in [-0.3, -0.25) is 4.79 Å². The van der Waals surface area contributed by atoms with Gasteiger partial charge in [0, 0.05) is 49.1 Å². The highest BCUT2D eigenvalue weighted by atomic mass is 16.2. The van der Waals surface area contributed by atoms with Gasteiger partial charge in [0.05, 0.1) is 16.8 Å². The van der Waals surface area contributed by atoms with Crippen molar-refractivity contribution in [3.63, 3.8) is 0 Å². The minimum atomic E-state index is -0.194. The van der Waals surface area contributed by atoms with E-state index in [-0.39, 0.29) is 5.91 Å². The Bertz CT molecular complexity index is 1400. The molecule has 1 atom stereocenters. The highest BCUT2D eigenvalue weighted by Crippen LogP contribution is 2.27. The van der Waals surface area contributed by atoms with Gasteiger partial charge in [0.15, 0.2) is 0 Å². The van der Waals surface area contributed by atoms with Gasteiger partial charge in [0.1, 0.15) is 0 Å². The minimum Gasteiger partial charge on any atom is -0.302 e. The number of piperidine rings is 1. The number of nitrogens with one attached hydrogen (secondary N) is 1. The van der Waals surface area contributed by atoms with E-state index in [4.69, 9.17) is 4.98 Å². The third-order valence-electron chi connectivity index (χ3n) is 7.66. The number of nitrogens with zero attached hydrogens (tertiary/aromatic N) is 3. The number of carbonyl (C=O) groups is 1. The second kappa shape index (κ2) is 12.1. The summed E-state index contributed by atoms with van der Waals surface area (Å²) in [5.74, 6) is 0.324. The maximum atomic E-state index is 13.3. The number of pyridine rings is 1.